The number of ether oxygens (including phenoxy) is 1. The summed E-state index contributed by atoms with van der Waals surface area (Å²) < 4.78 is 44.3. The van der Waals surface area contributed by atoms with E-state index in [1.165, 1.54) is 0 Å². The molecule has 0 unspecified atom stereocenters. The van der Waals surface area contributed by atoms with Crippen LogP contribution in [-0.4, -0.2) is 53.6 Å². The normalized spacial score (nSPS) is 14.0. The first-order chi connectivity index (χ1) is 15.9. The lowest BCUT2D eigenvalue weighted by molar-refractivity contribution is -0.384. The van der Waals surface area contributed by atoms with Crippen LogP contribution in [0, 0.1) is 24.0 Å². The van der Waals surface area contributed by atoms with Gasteiger partial charge in [-0.1, -0.05) is 6.07 Å². The highest BCUT2D eigenvalue weighted by Gasteiger charge is 2.34. The minimum absolute atomic E-state index is 0.106. The SMILES string of the molecule is Cc1cc(C)cc(OCC(=O)NC(=S)N2CCN(c3ccc(C(F)(F)F)cc3[N+](=O)[O-])CC2)c1. The summed E-state index contributed by atoms with van der Waals surface area (Å²) in [6.45, 7) is 4.84. The van der Waals surface area contributed by atoms with Gasteiger partial charge < -0.3 is 19.9 Å². The summed E-state index contributed by atoms with van der Waals surface area (Å²) >= 11 is 5.29. The van der Waals surface area contributed by atoms with Crippen molar-refractivity contribution in [3.63, 3.8) is 0 Å². The number of benzene rings is 2. The first kappa shape index (κ1) is 25.2. The minimum atomic E-state index is -4.67. The van der Waals surface area contributed by atoms with Crippen molar-refractivity contribution in [2.75, 3.05) is 37.7 Å². The number of hydrogen-bond acceptors (Lipinski definition) is 6. The van der Waals surface area contributed by atoms with E-state index in [-0.39, 0.29) is 30.5 Å². The highest BCUT2D eigenvalue weighted by molar-refractivity contribution is 7.80. The van der Waals surface area contributed by atoms with Crippen LogP contribution < -0.4 is 15.0 Å². The van der Waals surface area contributed by atoms with E-state index in [2.05, 4.69) is 5.32 Å². The van der Waals surface area contributed by atoms with Crippen LogP contribution in [-0.2, 0) is 11.0 Å². The number of piperazine rings is 1. The molecule has 34 heavy (non-hydrogen) atoms. The Kier molecular flexibility index (Phi) is 7.60. The number of amides is 1. The Morgan fingerprint density at radius 2 is 1.74 bits per heavy atom. The molecule has 8 nitrogen and oxygen atoms in total. The molecule has 182 valence electrons. The van der Waals surface area contributed by atoms with Crippen LogP contribution in [0.3, 0.4) is 0 Å². The van der Waals surface area contributed by atoms with E-state index in [9.17, 15) is 28.1 Å². The van der Waals surface area contributed by atoms with Crippen LogP contribution in [0.5, 0.6) is 5.75 Å². The monoisotopic (exact) mass is 496 g/mol. The number of aryl methyl sites for hydroxylation is 2. The summed E-state index contributed by atoms with van der Waals surface area (Å²) in [7, 11) is 0. The van der Waals surface area contributed by atoms with Crippen LogP contribution in [0.15, 0.2) is 36.4 Å². The van der Waals surface area contributed by atoms with Crippen molar-refractivity contribution in [3.8, 4) is 5.75 Å². The molecule has 0 aliphatic carbocycles. The zero-order chi connectivity index (χ0) is 25.0. The molecule has 12 heteroatoms. The number of nitrogens with zero attached hydrogens (tertiary/aromatic N) is 3. The van der Waals surface area contributed by atoms with Gasteiger partial charge in [0.25, 0.3) is 11.6 Å². The minimum Gasteiger partial charge on any atom is -0.484 e. The molecule has 1 heterocycles. The molecule has 0 spiro atoms. The molecule has 0 radical (unpaired) electrons. The van der Waals surface area contributed by atoms with E-state index >= 15 is 0 Å². The van der Waals surface area contributed by atoms with E-state index in [1.807, 2.05) is 32.0 Å². The van der Waals surface area contributed by atoms with Crippen molar-refractivity contribution in [2.24, 2.45) is 0 Å². The highest BCUT2D eigenvalue weighted by atomic mass is 32.1. The number of carbonyl (C=O) groups excluding carboxylic acids is 1. The van der Waals surface area contributed by atoms with Crippen molar-refractivity contribution < 1.29 is 27.6 Å². The van der Waals surface area contributed by atoms with Crippen LogP contribution in [0.4, 0.5) is 24.5 Å². The van der Waals surface area contributed by atoms with Gasteiger partial charge in [-0.05, 0) is 61.5 Å². The van der Waals surface area contributed by atoms with Gasteiger partial charge in [-0.15, -0.1) is 0 Å². The number of nitro groups is 1. The van der Waals surface area contributed by atoms with E-state index in [0.29, 0.717) is 24.9 Å². The molecule has 1 saturated heterocycles. The number of halogens is 3. The Morgan fingerprint density at radius 1 is 1.12 bits per heavy atom. The van der Waals surface area contributed by atoms with Gasteiger partial charge in [-0.3, -0.25) is 14.9 Å². The molecule has 1 amide bonds. The van der Waals surface area contributed by atoms with Crippen molar-refractivity contribution in [1.29, 1.82) is 0 Å². The topological polar surface area (TPSA) is 88.0 Å². The maximum atomic E-state index is 12.9. The number of nitrogens with one attached hydrogen (secondary N) is 1. The molecule has 0 aromatic heterocycles. The predicted octanol–water partition coefficient (Wildman–Crippen LogP) is 3.83. The summed E-state index contributed by atoms with van der Waals surface area (Å²) in [4.78, 5) is 26.1. The fraction of sp³-hybridized carbons (Fsp3) is 0.364. The number of alkyl halides is 3. The number of rotatable bonds is 5. The third kappa shape index (κ3) is 6.34. The Balaban J connectivity index is 1.55. The van der Waals surface area contributed by atoms with Crippen LogP contribution in [0.2, 0.25) is 0 Å². The summed E-state index contributed by atoms with van der Waals surface area (Å²) in [5, 5.41) is 14.1. The number of anilines is 1. The van der Waals surface area contributed by atoms with Crippen molar-refractivity contribution >= 4 is 34.6 Å². The lowest BCUT2D eigenvalue weighted by atomic mass is 10.1. The molecular weight excluding hydrogens is 473 g/mol. The second-order valence-electron chi connectivity index (χ2n) is 7.90. The maximum Gasteiger partial charge on any atom is 0.416 e. The quantitative estimate of drug-likeness (QED) is 0.382. The summed E-state index contributed by atoms with van der Waals surface area (Å²) in [5.41, 5.74) is 0.444. The average molecular weight is 497 g/mol. The zero-order valence-electron chi connectivity index (χ0n) is 18.5. The fourth-order valence-corrected chi connectivity index (χ4v) is 3.96. The van der Waals surface area contributed by atoms with Crippen LogP contribution in [0.25, 0.3) is 0 Å². The second kappa shape index (κ2) is 10.2. The predicted molar refractivity (Wildman–Crippen MR) is 124 cm³/mol. The van der Waals surface area contributed by atoms with Gasteiger partial charge in [-0.25, -0.2) is 0 Å². The van der Waals surface area contributed by atoms with Crippen LogP contribution in [0.1, 0.15) is 16.7 Å². The van der Waals surface area contributed by atoms with Gasteiger partial charge in [0.15, 0.2) is 11.7 Å². The molecule has 3 rings (SSSR count). The van der Waals surface area contributed by atoms with E-state index < -0.39 is 28.3 Å². The van der Waals surface area contributed by atoms with E-state index in [0.717, 1.165) is 23.3 Å². The number of thiocarbonyl (C=S) groups is 1. The summed E-state index contributed by atoms with van der Waals surface area (Å²) in [6, 6.07) is 8.11. The van der Waals surface area contributed by atoms with Gasteiger partial charge in [0, 0.05) is 32.2 Å². The Labute approximate surface area is 199 Å². The van der Waals surface area contributed by atoms with Crippen molar-refractivity contribution in [3.05, 3.63) is 63.2 Å². The standard InChI is InChI=1S/C22H23F3N4O4S/c1-14-9-15(2)11-17(10-14)33-13-20(30)26-21(34)28-7-5-27(6-8-28)18-4-3-16(22(23,24)25)12-19(18)29(31)32/h3-4,9-12H,5-8,13H2,1-2H3,(H,26,30,34). The second-order valence-corrected chi connectivity index (χ2v) is 8.28. The van der Waals surface area contributed by atoms with Gasteiger partial charge in [-0.2, -0.15) is 13.2 Å². The highest BCUT2D eigenvalue weighted by Crippen LogP contribution is 2.36. The number of carbonyl (C=O) groups is 1. The smallest absolute Gasteiger partial charge is 0.416 e. The molecule has 2 aromatic carbocycles. The molecule has 0 saturated carbocycles. The maximum absolute atomic E-state index is 12.9. The molecule has 1 aliphatic rings. The largest absolute Gasteiger partial charge is 0.484 e. The van der Waals surface area contributed by atoms with Gasteiger partial charge >= 0.3 is 6.18 Å². The van der Waals surface area contributed by atoms with Gasteiger partial charge in [0.05, 0.1) is 10.5 Å². The average Bonchev–Trinajstić information content (AvgIpc) is 2.76. The fourth-order valence-electron chi connectivity index (χ4n) is 3.66. The first-order valence-electron chi connectivity index (χ1n) is 10.3. The van der Waals surface area contributed by atoms with Crippen LogP contribution >= 0.6 is 12.2 Å². The lowest BCUT2D eigenvalue weighted by Crippen LogP contribution is -2.53. The van der Waals surface area contributed by atoms with Crippen molar-refractivity contribution in [1.82, 2.24) is 10.2 Å². The summed E-state index contributed by atoms with van der Waals surface area (Å²) in [6.07, 6.45) is -4.67. The van der Waals surface area contributed by atoms with Crippen molar-refractivity contribution in [2.45, 2.75) is 20.0 Å². The Bertz CT molecular complexity index is 1080. The molecule has 1 fully saturated rings. The molecule has 1 aliphatic heterocycles. The third-order valence-electron chi connectivity index (χ3n) is 5.22. The van der Waals surface area contributed by atoms with E-state index in [1.54, 1.807) is 9.80 Å². The molecule has 1 N–H and O–H groups in total. The molecule has 0 bridgehead atoms. The zero-order valence-corrected chi connectivity index (χ0v) is 19.3. The molecule has 2 aromatic rings. The molecular formula is C22H23F3N4O4S. The Hall–Kier alpha value is -3.41. The first-order valence-corrected chi connectivity index (χ1v) is 10.8. The third-order valence-corrected chi connectivity index (χ3v) is 5.58. The lowest BCUT2D eigenvalue weighted by Gasteiger charge is -2.37. The van der Waals surface area contributed by atoms with Gasteiger partial charge in [0.2, 0.25) is 0 Å². The summed E-state index contributed by atoms with van der Waals surface area (Å²) in [5.74, 6) is 0.148. The number of hydrogen-bond donors (Lipinski definition) is 1. The number of nitro benzene ring substituents is 1. The molecule has 0 atom stereocenters. The Morgan fingerprint density at radius 3 is 2.29 bits per heavy atom. The van der Waals surface area contributed by atoms with Gasteiger partial charge in [0.1, 0.15) is 11.4 Å². The van der Waals surface area contributed by atoms with E-state index in [4.69, 9.17) is 17.0 Å².